The molecule has 0 aromatic carbocycles. The van der Waals surface area contributed by atoms with Gasteiger partial charge in [0.1, 0.15) is 0 Å². The van der Waals surface area contributed by atoms with Crippen LogP contribution in [0.5, 0.6) is 0 Å². The number of hydrogen-bond donors (Lipinski definition) is 1. The van der Waals surface area contributed by atoms with Crippen LogP contribution in [0.25, 0.3) is 0 Å². The topological polar surface area (TPSA) is 12.0 Å². The molecule has 8 heavy (non-hydrogen) atoms. The number of allylic oxidation sites excluding steroid dienone is 1. The van der Waals surface area contributed by atoms with Gasteiger partial charge in [-0.15, -0.1) is 0 Å². The van der Waals surface area contributed by atoms with Crippen molar-refractivity contribution in [3.8, 4) is 0 Å². The van der Waals surface area contributed by atoms with Crippen LogP contribution in [0.4, 0.5) is 0 Å². The first kappa shape index (κ1) is 7.54. The monoisotopic (exact) mass is 113 g/mol. The smallest absolute Gasteiger partial charge is 0.00276 e. The Morgan fingerprint density at radius 2 is 1.88 bits per heavy atom. The van der Waals surface area contributed by atoms with Crippen LogP contribution in [0.15, 0.2) is 11.8 Å². The maximum atomic E-state index is 3.01. The van der Waals surface area contributed by atoms with Crippen molar-refractivity contribution in [2.45, 2.75) is 26.7 Å². The van der Waals surface area contributed by atoms with Gasteiger partial charge in [-0.3, -0.25) is 0 Å². The third kappa shape index (κ3) is 2.67. The molecule has 0 unspecified atom stereocenters. The zero-order valence-corrected chi connectivity index (χ0v) is 5.99. The van der Waals surface area contributed by atoms with E-state index < -0.39 is 0 Å². The molecule has 0 atom stereocenters. The molecule has 0 rings (SSSR count). The van der Waals surface area contributed by atoms with Gasteiger partial charge < -0.3 is 5.32 Å². The number of nitrogens with one attached hydrogen (secondary N) is 1. The Balaban J connectivity index is 3.49. The standard InChI is InChI=1S/C7H15N/c1-4-7(5-2)6-8-3/h6,8H,4-5H2,1-3H3. The lowest BCUT2D eigenvalue weighted by Gasteiger charge is -1.96. The van der Waals surface area contributed by atoms with Gasteiger partial charge in [0.2, 0.25) is 0 Å². The van der Waals surface area contributed by atoms with Gasteiger partial charge in [-0.25, -0.2) is 0 Å². The molecular formula is C7H15N. The minimum atomic E-state index is 1.16. The molecule has 0 aliphatic carbocycles. The Bertz CT molecular complexity index is 68.5. The molecule has 0 bridgehead atoms. The van der Waals surface area contributed by atoms with Crippen molar-refractivity contribution in [2.24, 2.45) is 0 Å². The third-order valence-electron chi connectivity index (χ3n) is 1.26. The second kappa shape index (κ2) is 4.69. The molecule has 48 valence electrons. The quantitative estimate of drug-likeness (QED) is 0.589. The molecule has 0 radical (unpaired) electrons. The van der Waals surface area contributed by atoms with E-state index in [1.807, 2.05) is 7.05 Å². The van der Waals surface area contributed by atoms with Crippen LogP contribution in [0, 0.1) is 0 Å². The van der Waals surface area contributed by atoms with Gasteiger partial charge in [0.15, 0.2) is 0 Å². The van der Waals surface area contributed by atoms with Gasteiger partial charge in [0.05, 0.1) is 0 Å². The second-order valence-electron chi connectivity index (χ2n) is 1.80. The summed E-state index contributed by atoms with van der Waals surface area (Å²) in [5.74, 6) is 0. The highest BCUT2D eigenvalue weighted by Gasteiger charge is 1.84. The Morgan fingerprint density at radius 1 is 1.38 bits per heavy atom. The summed E-state index contributed by atoms with van der Waals surface area (Å²) in [7, 11) is 1.94. The molecule has 0 aromatic rings. The van der Waals surface area contributed by atoms with E-state index in [4.69, 9.17) is 0 Å². The summed E-state index contributed by atoms with van der Waals surface area (Å²) < 4.78 is 0. The van der Waals surface area contributed by atoms with E-state index in [2.05, 4.69) is 25.4 Å². The third-order valence-corrected chi connectivity index (χ3v) is 1.26. The molecule has 0 aliphatic rings. The van der Waals surface area contributed by atoms with Crippen LogP contribution in [0.1, 0.15) is 26.7 Å². The van der Waals surface area contributed by atoms with E-state index in [1.54, 1.807) is 0 Å². The van der Waals surface area contributed by atoms with Crippen LogP contribution >= 0.6 is 0 Å². The minimum Gasteiger partial charge on any atom is -0.394 e. The fraction of sp³-hybridized carbons (Fsp3) is 0.714. The number of rotatable bonds is 3. The number of hydrogen-bond acceptors (Lipinski definition) is 1. The van der Waals surface area contributed by atoms with Crippen molar-refractivity contribution in [3.63, 3.8) is 0 Å². The Morgan fingerprint density at radius 3 is 2.00 bits per heavy atom. The lowest BCUT2D eigenvalue weighted by Crippen LogP contribution is -1.94. The van der Waals surface area contributed by atoms with Gasteiger partial charge in [-0.2, -0.15) is 0 Å². The van der Waals surface area contributed by atoms with Gasteiger partial charge in [-0.05, 0) is 19.0 Å². The van der Waals surface area contributed by atoms with E-state index in [9.17, 15) is 0 Å². The maximum Gasteiger partial charge on any atom is 0.00276 e. The zero-order chi connectivity index (χ0) is 6.41. The first-order chi connectivity index (χ1) is 3.85. The summed E-state index contributed by atoms with van der Waals surface area (Å²) in [5, 5.41) is 3.01. The van der Waals surface area contributed by atoms with Gasteiger partial charge in [0, 0.05) is 7.05 Å². The summed E-state index contributed by atoms with van der Waals surface area (Å²) in [4.78, 5) is 0. The summed E-state index contributed by atoms with van der Waals surface area (Å²) in [6, 6.07) is 0. The van der Waals surface area contributed by atoms with E-state index in [0.29, 0.717) is 0 Å². The molecule has 0 aromatic heterocycles. The predicted molar refractivity (Wildman–Crippen MR) is 37.7 cm³/mol. The highest BCUT2D eigenvalue weighted by molar-refractivity contribution is 4.97. The van der Waals surface area contributed by atoms with E-state index in [-0.39, 0.29) is 0 Å². The summed E-state index contributed by atoms with van der Waals surface area (Å²) in [6.45, 7) is 4.35. The SMILES string of the molecule is CCC(=CNC)CC. The van der Waals surface area contributed by atoms with Crippen LogP contribution in [0.2, 0.25) is 0 Å². The highest BCUT2D eigenvalue weighted by atomic mass is 14.8. The minimum absolute atomic E-state index is 1.16. The van der Waals surface area contributed by atoms with E-state index in [0.717, 1.165) is 12.8 Å². The van der Waals surface area contributed by atoms with Crippen LogP contribution in [-0.2, 0) is 0 Å². The first-order valence-electron chi connectivity index (χ1n) is 3.20. The van der Waals surface area contributed by atoms with Crippen molar-refractivity contribution in [3.05, 3.63) is 11.8 Å². The molecule has 0 fully saturated rings. The fourth-order valence-corrected chi connectivity index (χ4v) is 0.658. The Kier molecular flexibility index (Phi) is 4.42. The van der Waals surface area contributed by atoms with Gasteiger partial charge in [0.25, 0.3) is 0 Å². The van der Waals surface area contributed by atoms with E-state index >= 15 is 0 Å². The van der Waals surface area contributed by atoms with Crippen LogP contribution in [-0.4, -0.2) is 7.05 Å². The Labute approximate surface area is 51.8 Å². The van der Waals surface area contributed by atoms with Crippen molar-refractivity contribution >= 4 is 0 Å². The van der Waals surface area contributed by atoms with Gasteiger partial charge in [-0.1, -0.05) is 19.4 Å². The van der Waals surface area contributed by atoms with Crippen LogP contribution in [0.3, 0.4) is 0 Å². The Hall–Kier alpha value is -0.460. The maximum absolute atomic E-state index is 3.01. The molecule has 0 aliphatic heterocycles. The second-order valence-corrected chi connectivity index (χ2v) is 1.80. The first-order valence-corrected chi connectivity index (χ1v) is 3.20. The molecule has 0 saturated heterocycles. The lowest BCUT2D eigenvalue weighted by atomic mass is 10.2. The lowest BCUT2D eigenvalue weighted by molar-refractivity contribution is 0.933. The normalized spacial score (nSPS) is 8.38. The fourth-order valence-electron chi connectivity index (χ4n) is 0.658. The predicted octanol–water partition coefficient (Wildman–Crippen LogP) is 1.91. The van der Waals surface area contributed by atoms with Gasteiger partial charge >= 0.3 is 0 Å². The largest absolute Gasteiger partial charge is 0.394 e. The highest BCUT2D eigenvalue weighted by Crippen LogP contribution is 2.01. The molecular weight excluding hydrogens is 98.1 g/mol. The van der Waals surface area contributed by atoms with E-state index in [1.165, 1.54) is 5.57 Å². The summed E-state index contributed by atoms with van der Waals surface area (Å²) in [6.07, 6.45) is 4.40. The summed E-state index contributed by atoms with van der Waals surface area (Å²) >= 11 is 0. The summed E-state index contributed by atoms with van der Waals surface area (Å²) in [5.41, 5.74) is 1.48. The van der Waals surface area contributed by atoms with Crippen molar-refractivity contribution in [1.82, 2.24) is 5.32 Å². The zero-order valence-electron chi connectivity index (χ0n) is 5.99. The van der Waals surface area contributed by atoms with Crippen molar-refractivity contribution in [2.75, 3.05) is 7.05 Å². The van der Waals surface area contributed by atoms with Crippen LogP contribution < -0.4 is 5.32 Å². The average molecular weight is 113 g/mol. The molecule has 1 N–H and O–H groups in total. The average Bonchev–Trinajstić information content (AvgIpc) is 1.83. The molecule has 0 heterocycles. The molecule has 0 spiro atoms. The molecule has 0 saturated carbocycles. The molecule has 1 nitrogen and oxygen atoms in total. The van der Waals surface area contributed by atoms with Crippen molar-refractivity contribution in [1.29, 1.82) is 0 Å². The molecule has 0 amide bonds. The molecule has 1 heteroatoms. The van der Waals surface area contributed by atoms with Crippen molar-refractivity contribution < 1.29 is 0 Å².